The molecular weight excluding hydrogens is 256 g/mol. The zero-order valence-electron chi connectivity index (χ0n) is 10.9. The molecule has 0 unspecified atom stereocenters. The van der Waals surface area contributed by atoms with E-state index in [2.05, 4.69) is 10.3 Å². The minimum absolute atomic E-state index is 0.0683. The number of aromatic hydroxyl groups is 1. The lowest BCUT2D eigenvalue weighted by atomic mass is 10.1. The highest BCUT2D eigenvalue weighted by Gasteiger charge is 2.14. The van der Waals surface area contributed by atoms with Crippen molar-refractivity contribution in [2.24, 2.45) is 0 Å². The van der Waals surface area contributed by atoms with Crippen molar-refractivity contribution < 1.29 is 15.0 Å². The number of hydrogen-bond acceptors (Lipinski definition) is 4. The standard InChI is InChI=1S/C15H16N2O3/c18-10-13(6-11-4-2-1-3-5-11)17-15(20)12-7-14(19)9-16-8-12/h1-5,7-9,13,18-19H,6,10H2,(H,17,20)/t13-/m1/s1. The molecule has 0 saturated carbocycles. The number of aliphatic hydroxyl groups excluding tert-OH is 1. The summed E-state index contributed by atoms with van der Waals surface area (Å²) < 4.78 is 0. The fourth-order valence-corrected chi connectivity index (χ4v) is 1.88. The zero-order valence-corrected chi connectivity index (χ0v) is 10.9. The largest absolute Gasteiger partial charge is 0.506 e. The fourth-order valence-electron chi connectivity index (χ4n) is 1.88. The van der Waals surface area contributed by atoms with Crippen LogP contribution in [-0.4, -0.2) is 33.8 Å². The van der Waals surface area contributed by atoms with Crippen molar-refractivity contribution in [3.05, 3.63) is 59.9 Å². The first-order chi connectivity index (χ1) is 9.69. The lowest BCUT2D eigenvalue weighted by Gasteiger charge is -2.16. The summed E-state index contributed by atoms with van der Waals surface area (Å²) in [5.41, 5.74) is 1.29. The van der Waals surface area contributed by atoms with E-state index in [4.69, 9.17) is 0 Å². The van der Waals surface area contributed by atoms with Gasteiger partial charge in [0.15, 0.2) is 0 Å². The molecule has 1 heterocycles. The van der Waals surface area contributed by atoms with Crippen LogP contribution in [0.15, 0.2) is 48.8 Å². The molecule has 0 saturated heterocycles. The molecule has 2 aromatic rings. The zero-order chi connectivity index (χ0) is 14.4. The molecular formula is C15H16N2O3. The molecule has 0 aliphatic carbocycles. The molecule has 0 radical (unpaired) electrons. The maximum absolute atomic E-state index is 12.0. The van der Waals surface area contributed by atoms with E-state index in [0.29, 0.717) is 6.42 Å². The number of nitrogens with one attached hydrogen (secondary N) is 1. The number of aromatic nitrogens is 1. The predicted molar refractivity (Wildman–Crippen MR) is 74.4 cm³/mol. The molecule has 0 aliphatic heterocycles. The van der Waals surface area contributed by atoms with Gasteiger partial charge >= 0.3 is 0 Å². The molecule has 2 rings (SSSR count). The topological polar surface area (TPSA) is 82.5 Å². The molecule has 5 nitrogen and oxygen atoms in total. The van der Waals surface area contributed by atoms with Crippen LogP contribution in [-0.2, 0) is 6.42 Å². The Labute approximate surface area is 116 Å². The summed E-state index contributed by atoms with van der Waals surface area (Å²) in [5, 5.41) is 21.4. The first-order valence-electron chi connectivity index (χ1n) is 6.28. The van der Waals surface area contributed by atoms with Crippen molar-refractivity contribution in [2.75, 3.05) is 6.61 Å². The highest BCUT2D eigenvalue weighted by molar-refractivity contribution is 5.94. The molecule has 20 heavy (non-hydrogen) atoms. The van der Waals surface area contributed by atoms with Gasteiger partial charge in [0.2, 0.25) is 0 Å². The van der Waals surface area contributed by atoms with Gasteiger partial charge in [-0.15, -0.1) is 0 Å². The minimum Gasteiger partial charge on any atom is -0.506 e. The molecule has 1 aromatic carbocycles. The normalized spacial score (nSPS) is 11.8. The Kier molecular flexibility index (Phi) is 4.68. The van der Waals surface area contributed by atoms with Gasteiger partial charge in [0, 0.05) is 6.20 Å². The highest BCUT2D eigenvalue weighted by atomic mass is 16.3. The van der Waals surface area contributed by atoms with Crippen molar-refractivity contribution in [2.45, 2.75) is 12.5 Å². The van der Waals surface area contributed by atoms with E-state index in [1.54, 1.807) is 0 Å². The van der Waals surface area contributed by atoms with Crippen LogP contribution in [0.4, 0.5) is 0 Å². The van der Waals surface area contributed by atoms with Crippen LogP contribution in [0.3, 0.4) is 0 Å². The van der Waals surface area contributed by atoms with Crippen LogP contribution in [0.2, 0.25) is 0 Å². The molecule has 3 N–H and O–H groups in total. The summed E-state index contributed by atoms with van der Waals surface area (Å²) in [6.45, 7) is -0.160. The lowest BCUT2D eigenvalue weighted by Crippen LogP contribution is -2.39. The van der Waals surface area contributed by atoms with E-state index < -0.39 is 0 Å². The third-order valence-corrected chi connectivity index (χ3v) is 2.87. The molecule has 0 spiro atoms. The number of rotatable bonds is 5. The Morgan fingerprint density at radius 3 is 2.65 bits per heavy atom. The molecule has 0 bridgehead atoms. The quantitative estimate of drug-likeness (QED) is 0.761. The third-order valence-electron chi connectivity index (χ3n) is 2.87. The number of amides is 1. The van der Waals surface area contributed by atoms with Crippen molar-refractivity contribution >= 4 is 5.91 Å². The Morgan fingerprint density at radius 2 is 2.00 bits per heavy atom. The number of carbonyl (C=O) groups is 1. The summed E-state index contributed by atoms with van der Waals surface area (Å²) in [6, 6.07) is 10.5. The summed E-state index contributed by atoms with van der Waals surface area (Å²) in [7, 11) is 0. The Morgan fingerprint density at radius 1 is 1.25 bits per heavy atom. The van der Waals surface area contributed by atoms with E-state index in [1.165, 1.54) is 18.5 Å². The van der Waals surface area contributed by atoms with Crippen LogP contribution >= 0.6 is 0 Å². The SMILES string of the molecule is O=C(N[C@@H](CO)Cc1ccccc1)c1cncc(O)c1. The third kappa shape index (κ3) is 3.80. The minimum atomic E-state index is -0.382. The first kappa shape index (κ1) is 14.0. The fraction of sp³-hybridized carbons (Fsp3) is 0.200. The summed E-state index contributed by atoms with van der Waals surface area (Å²) >= 11 is 0. The molecule has 104 valence electrons. The van der Waals surface area contributed by atoms with Crippen LogP contribution in [0.25, 0.3) is 0 Å². The van der Waals surface area contributed by atoms with Crippen LogP contribution in [0.1, 0.15) is 15.9 Å². The number of carbonyl (C=O) groups excluding carboxylic acids is 1. The van der Waals surface area contributed by atoms with Gasteiger partial charge in [-0.05, 0) is 18.1 Å². The molecule has 5 heteroatoms. The number of nitrogens with zero attached hydrogens (tertiary/aromatic N) is 1. The van der Waals surface area contributed by atoms with E-state index in [0.717, 1.165) is 5.56 Å². The first-order valence-corrected chi connectivity index (χ1v) is 6.28. The Hall–Kier alpha value is -2.40. The second kappa shape index (κ2) is 6.68. The second-order valence-electron chi connectivity index (χ2n) is 4.47. The number of pyridine rings is 1. The maximum Gasteiger partial charge on any atom is 0.253 e. The van der Waals surface area contributed by atoms with Crippen molar-refractivity contribution in [1.29, 1.82) is 0 Å². The molecule has 0 fully saturated rings. The van der Waals surface area contributed by atoms with Gasteiger partial charge in [0.25, 0.3) is 5.91 Å². The lowest BCUT2D eigenvalue weighted by molar-refractivity contribution is 0.0915. The van der Waals surface area contributed by atoms with Crippen molar-refractivity contribution in [1.82, 2.24) is 10.3 Å². The smallest absolute Gasteiger partial charge is 0.253 e. The highest BCUT2D eigenvalue weighted by Crippen LogP contribution is 2.09. The van der Waals surface area contributed by atoms with Gasteiger partial charge in [0.1, 0.15) is 5.75 Å². The summed E-state index contributed by atoms with van der Waals surface area (Å²) in [6.07, 6.45) is 3.16. The van der Waals surface area contributed by atoms with Crippen LogP contribution in [0, 0.1) is 0 Å². The molecule has 1 atom stereocenters. The van der Waals surface area contributed by atoms with Gasteiger partial charge in [-0.3, -0.25) is 9.78 Å². The predicted octanol–water partition coefficient (Wildman–Crippen LogP) is 1.12. The van der Waals surface area contributed by atoms with Gasteiger partial charge in [-0.25, -0.2) is 0 Å². The molecule has 1 aromatic heterocycles. The number of hydrogen-bond donors (Lipinski definition) is 3. The second-order valence-corrected chi connectivity index (χ2v) is 4.47. The van der Waals surface area contributed by atoms with Crippen molar-refractivity contribution in [3.8, 4) is 5.75 Å². The average molecular weight is 272 g/mol. The monoisotopic (exact) mass is 272 g/mol. The Balaban J connectivity index is 2.01. The van der Waals surface area contributed by atoms with Crippen LogP contribution < -0.4 is 5.32 Å². The number of benzene rings is 1. The molecule has 0 aliphatic rings. The van der Waals surface area contributed by atoms with Gasteiger partial charge in [-0.1, -0.05) is 30.3 Å². The maximum atomic E-state index is 12.0. The number of aliphatic hydroxyl groups is 1. The average Bonchev–Trinajstić information content (AvgIpc) is 2.47. The molecule has 1 amide bonds. The van der Waals surface area contributed by atoms with Crippen molar-refractivity contribution in [3.63, 3.8) is 0 Å². The van der Waals surface area contributed by atoms with E-state index in [-0.39, 0.29) is 29.9 Å². The van der Waals surface area contributed by atoms with Gasteiger partial charge in [-0.2, -0.15) is 0 Å². The summed E-state index contributed by atoms with van der Waals surface area (Å²) in [4.78, 5) is 15.7. The van der Waals surface area contributed by atoms with E-state index >= 15 is 0 Å². The Bertz CT molecular complexity index is 572. The van der Waals surface area contributed by atoms with E-state index in [9.17, 15) is 15.0 Å². The van der Waals surface area contributed by atoms with Crippen LogP contribution in [0.5, 0.6) is 5.75 Å². The van der Waals surface area contributed by atoms with E-state index in [1.807, 2.05) is 30.3 Å². The summed E-state index contributed by atoms with van der Waals surface area (Å²) in [5.74, 6) is -0.440. The van der Waals surface area contributed by atoms with Gasteiger partial charge in [0.05, 0.1) is 24.4 Å². The van der Waals surface area contributed by atoms with Gasteiger partial charge < -0.3 is 15.5 Å².